The Morgan fingerprint density at radius 3 is 2.88 bits per heavy atom. The number of para-hydroxylation sites is 1. The van der Waals surface area contributed by atoms with Gasteiger partial charge in [-0.2, -0.15) is 0 Å². The number of nitrogens with two attached hydrogens (primary N) is 1. The zero-order valence-corrected chi connectivity index (χ0v) is 8.86. The van der Waals surface area contributed by atoms with Gasteiger partial charge in [0.25, 0.3) is 0 Å². The number of carbonyl (C=O) groups is 1. The van der Waals surface area contributed by atoms with Crippen LogP contribution in [0, 0.1) is 0 Å². The zero-order chi connectivity index (χ0) is 11.7. The van der Waals surface area contributed by atoms with Crippen molar-refractivity contribution in [3.8, 4) is 0 Å². The molecule has 0 fully saturated rings. The van der Waals surface area contributed by atoms with Gasteiger partial charge in [0.1, 0.15) is 11.5 Å². The maximum atomic E-state index is 10.5. The summed E-state index contributed by atoms with van der Waals surface area (Å²) in [6.45, 7) is 0. The van der Waals surface area contributed by atoms with Gasteiger partial charge < -0.3 is 15.3 Å². The van der Waals surface area contributed by atoms with E-state index in [0.29, 0.717) is 16.4 Å². The molecule has 0 saturated heterocycles. The van der Waals surface area contributed by atoms with Crippen molar-refractivity contribution in [3.63, 3.8) is 0 Å². The van der Waals surface area contributed by atoms with Gasteiger partial charge in [-0.15, -0.1) is 0 Å². The second-order valence-corrected chi connectivity index (χ2v) is 3.62. The van der Waals surface area contributed by atoms with Crippen molar-refractivity contribution in [2.45, 2.75) is 0 Å². The standard InChI is InChI=1S/C11H8ClNO3/c12-8-3-1-2-6-4-7(16-10(6)8)5-9(13)11(14)15/h1-5H,13H2,(H,14,15)/b9-5+. The second-order valence-electron chi connectivity index (χ2n) is 3.21. The highest BCUT2D eigenvalue weighted by Crippen LogP contribution is 2.27. The Labute approximate surface area is 95.9 Å². The number of furan rings is 1. The van der Waals surface area contributed by atoms with Gasteiger partial charge in [0.2, 0.25) is 0 Å². The predicted octanol–water partition coefficient (Wildman–Crippen LogP) is 2.47. The number of fused-ring (bicyclic) bond motifs is 1. The quantitative estimate of drug-likeness (QED) is 0.787. The van der Waals surface area contributed by atoms with Crippen molar-refractivity contribution in [3.05, 3.63) is 40.7 Å². The molecule has 0 aliphatic carbocycles. The first-order valence-electron chi connectivity index (χ1n) is 4.46. The molecule has 4 nitrogen and oxygen atoms in total. The van der Waals surface area contributed by atoms with Gasteiger partial charge in [-0.05, 0) is 12.1 Å². The molecular formula is C11H8ClNO3. The van der Waals surface area contributed by atoms with E-state index >= 15 is 0 Å². The van der Waals surface area contributed by atoms with Crippen LogP contribution in [0.15, 0.2) is 34.4 Å². The molecule has 0 atom stereocenters. The Bertz CT molecular complexity index is 586. The highest BCUT2D eigenvalue weighted by atomic mass is 35.5. The summed E-state index contributed by atoms with van der Waals surface area (Å²) in [5.41, 5.74) is 5.52. The third-order valence-electron chi connectivity index (χ3n) is 2.06. The number of halogens is 1. The molecule has 0 spiro atoms. The third-order valence-corrected chi connectivity index (χ3v) is 2.36. The summed E-state index contributed by atoms with van der Waals surface area (Å²) in [5.74, 6) is -0.824. The van der Waals surface area contributed by atoms with Crippen LogP contribution in [0.3, 0.4) is 0 Å². The van der Waals surface area contributed by atoms with Gasteiger partial charge in [-0.3, -0.25) is 0 Å². The number of hydrogen-bond acceptors (Lipinski definition) is 3. The Morgan fingerprint density at radius 2 is 2.25 bits per heavy atom. The van der Waals surface area contributed by atoms with Crippen LogP contribution in [-0.2, 0) is 4.79 Å². The molecule has 2 aromatic rings. The Morgan fingerprint density at radius 1 is 1.50 bits per heavy atom. The van der Waals surface area contributed by atoms with Crippen LogP contribution in [0.5, 0.6) is 0 Å². The average Bonchev–Trinajstić information content (AvgIpc) is 2.61. The summed E-state index contributed by atoms with van der Waals surface area (Å²) in [6.07, 6.45) is 1.25. The van der Waals surface area contributed by atoms with Crippen molar-refractivity contribution in [2.75, 3.05) is 0 Å². The molecule has 0 saturated carbocycles. The number of hydrogen-bond donors (Lipinski definition) is 2. The molecule has 1 heterocycles. The molecule has 0 bridgehead atoms. The van der Waals surface area contributed by atoms with E-state index in [2.05, 4.69) is 0 Å². The molecule has 1 aromatic heterocycles. The Balaban J connectivity index is 2.52. The first-order chi connectivity index (χ1) is 7.58. The predicted molar refractivity (Wildman–Crippen MR) is 61.0 cm³/mol. The van der Waals surface area contributed by atoms with E-state index in [4.69, 9.17) is 26.9 Å². The van der Waals surface area contributed by atoms with Gasteiger partial charge in [0, 0.05) is 11.5 Å². The third kappa shape index (κ3) is 1.87. The van der Waals surface area contributed by atoms with Gasteiger partial charge in [0.15, 0.2) is 5.58 Å². The fourth-order valence-electron chi connectivity index (χ4n) is 1.33. The average molecular weight is 238 g/mol. The van der Waals surface area contributed by atoms with Crippen molar-refractivity contribution in [2.24, 2.45) is 5.73 Å². The van der Waals surface area contributed by atoms with Crippen LogP contribution < -0.4 is 5.73 Å². The van der Waals surface area contributed by atoms with Crippen molar-refractivity contribution >= 4 is 34.6 Å². The van der Waals surface area contributed by atoms with Crippen molar-refractivity contribution in [1.82, 2.24) is 0 Å². The number of rotatable bonds is 2. The highest BCUT2D eigenvalue weighted by molar-refractivity contribution is 6.34. The number of aliphatic carboxylic acids is 1. The largest absolute Gasteiger partial charge is 0.477 e. The van der Waals surface area contributed by atoms with Gasteiger partial charge in [0.05, 0.1) is 5.02 Å². The van der Waals surface area contributed by atoms with Crippen molar-refractivity contribution in [1.29, 1.82) is 0 Å². The monoisotopic (exact) mass is 237 g/mol. The van der Waals surface area contributed by atoms with E-state index in [1.165, 1.54) is 6.08 Å². The smallest absolute Gasteiger partial charge is 0.351 e. The minimum atomic E-state index is -1.19. The highest BCUT2D eigenvalue weighted by Gasteiger charge is 2.07. The first kappa shape index (κ1) is 10.6. The minimum Gasteiger partial charge on any atom is -0.477 e. The fraction of sp³-hybridized carbons (Fsp3) is 0. The van der Waals surface area contributed by atoms with E-state index in [0.717, 1.165) is 5.39 Å². The number of carboxylic acids is 1. The van der Waals surface area contributed by atoms with E-state index in [1.807, 2.05) is 6.07 Å². The normalized spacial score (nSPS) is 11.9. The molecule has 0 aliphatic rings. The topological polar surface area (TPSA) is 76.5 Å². The molecule has 2 rings (SSSR count). The summed E-state index contributed by atoms with van der Waals surface area (Å²) in [6, 6.07) is 6.98. The van der Waals surface area contributed by atoms with E-state index in [-0.39, 0.29) is 5.70 Å². The molecule has 16 heavy (non-hydrogen) atoms. The molecule has 0 aliphatic heterocycles. The zero-order valence-electron chi connectivity index (χ0n) is 8.11. The van der Waals surface area contributed by atoms with Crippen LogP contribution in [0.25, 0.3) is 17.0 Å². The van der Waals surface area contributed by atoms with Crippen LogP contribution in [0.4, 0.5) is 0 Å². The summed E-state index contributed by atoms with van der Waals surface area (Å²) in [5, 5.41) is 9.89. The minimum absolute atomic E-state index is 0.282. The van der Waals surface area contributed by atoms with Crippen LogP contribution >= 0.6 is 11.6 Å². The van der Waals surface area contributed by atoms with Gasteiger partial charge in [-0.25, -0.2) is 4.79 Å². The van der Waals surface area contributed by atoms with Crippen LogP contribution in [-0.4, -0.2) is 11.1 Å². The summed E-state index contributed by atoms with van der Waals surface area (Å²) in [7, 11) is 0. The maximum Gasteiger partial charge on any atom is 0.351 e. The van der Waals surface area contributed by atoms with Gasteiger partial charge >= 0.3 is 5.97 Å². The Kier molecular flexibility index (Phi) is 2.58. The van der Waals surface area contributed by atoms with Gasteiger partial charge in [-0.1, -0.05) is 23.7 Å². The molecule has 0 amide bonds. The second kappa shape index (κ2) is 3.90. The summed E-state index contributed by atoms with van der Waals surface area (Å²) in [4.78, 5) is 10.5. The summed E-state index contributed by atoms with van der Waals surface area (Å²) < 4.78 is 5.37. The number of benzene rings is 1. The molecule has 5 heteroatoms. The number of carboxylic acid groups (broad SMARTS) is 1. The maximum absolute atomic E-state index is 10.5. The lowest BCUT2D eigenvalue weighted by Gasteiger charge is -1.91. The molecular weight excluding hydrogens is 230 g/mol. The SMILES string of the molecule is N/C(=C/c1cc2cccc(Cl)c2o1)C(=O)O. The molecule has 1 aromatic carbocycles. The summed E-state index contributed by atoms with van der Waals surface area (Å²) >= 11 is 5.91. The molecule has 3 N–H and O–H groups in total. The lowest BCUT2D eigenvalue weighted by molar-refractivity contribution is -0.132. The van der Waals surface area contributed by atoms with Crippen LogP contribution in [0.1, 0.15) is 5.76 Å². The van der Waals surface area contributed by atoms with E-state index < -0.39 is 5.97 Å². The van der Waals surface area contributed by atoms with Crippen molar-refractivity contribution < 1.29 is 14.3 Å². The molecule has 0 unspecified atom stereocenters. The first-order valence-corrected chi connectivity index (χ1v) is 4.84. The fourth-order valence-corrected chi connectivity index (χ4v) is 1.55. The lowest BCUT2D eigenvalue weighted by Crippen LogP contribution is -2.08. The van der Waals surface area contributed by atoms with E-state index in [1.54, 1.807) is 18.2 Å². The molecule has 82 valence electrons. The van der Waals surface area contributed by atoms with E-state index in [9.17, 15) is 4.79 Å². The molecule has 0 radical (unpaired) electrons. The van der Waals surface area contributed by atoms with Crippen LogP contribution in [0.2, 0.25) is 5.02 Å². The lowest BCUT2D eigenvalue weighted by atomic mass is 10.2. The Hall–Kier alpha value is -1.94.